The van der Waals surface area contributed by atoms with Gasteiger partial charge in [-0.15, -0.1) is 0 Å². The molecule has 5 heteroatoms. The smallest absolute Gasteiger partial charge is 0.227 e. The van der Waals surface area contributed by atoms with Gasteiger partial charge in [-0.2, -0.15) is 0 Å². The fourth-order valence-electron chi connectivity index (χ4n) is 3.87. The SMILES string of the molecule is O=C1CCC(C(=O)N2CCCCC2C2CCCN2)CN1. The van der Waals surface area contributed by atoms with Crippen molar-refractivity contribution in [3.8, 4) is 0 Å². The number of hydrogen-bond donors (Lipinski definition) is 2. The number of hydrogen-bond acceptors (Lipinski definition) is 3. The van der Waals surface area contributed by atoms with Crippen LogP contribution in [0.1, 0.15) is 44.9 Å². The molecule has 0 aliphatic carbocycles. The van der Waals surface area contributed by atoms with Crippen LogP contribution in [0, 0.1) is 5.92 Å². The van der Waals surface area contributed by atoms with E-state index in [9.17, 15) is 9.59 Å². The van der Waals surface area contributed by atoms with Crippen molar-refractivity contribution in [1.29, 1.82) is 0 Å². The van der Waals surface area contributed by atoms with Crippen LogP contribution in [0.25, 0.3) is 0 Å². The number of likely N-dealkylation sites (tertiary alicyclic amines) is 1. The van der Waals surface area contributed by atoms with Gasteiger partial charge < -0.3 is 15.5 Å². The summed E-state index contributed by atoms with van der Waals surface area (Å²) in [6.07, 6.45) is 7.10. The van der Waals surface area contributed by atoms with Crippen LogP contribution >= 0.6 is 0 Å². The van der Waals surface area contributed by atoms with Crippen LogP contribution in [0.4, 0.5) is 0 Å². The van der Waals surface area contributed by atoms with E-state index in [0.717, 1.165) is 25.9 Å². The van der Waals surface area contributed by atoms with Gasteiger partial charge >= 0.3 is 0 Å². The molecule has 2 amide bonds. The molecule has 20 heavy (non-hydrogen) atoms. The summed E-state index contributed by atoms with van der Waals surface area (Å²) >= 11 is 0. The maximum absolute atomic E-state index is 12.8. The van der Waals surface area contributed by atoms with Crippen molar-refractivity contribution in [2.45, 2.75) is 57.0 Å². The maximum atomic E-state index is 12.8. The minimum Gasteiger partial charge on any atom is -0.355 e. The molecule has 0 radical (unpaired) electrons. The molecular formula is C15H25N3O2. The molecule has 0 aromatic carbocycles. The van der Waals surface area contributed by atoms with Crippen molar-refractivity contribution in [3.05, 3.63) is 0 Å². The highest BCUT2D eigenvalue weighted by Gasteiger charge is 2.37. The first-order valence-corrected chi connectivity index (χ1v) is 8.06. The van der Waals surface area contributed by atoms with E-state index in [-0.39, 0.29) is 17.7 Å². The molecule has 5 nitrogen and oxygen atoms in total. The molecule has 3 aliphatic rings. The molecule has 3 aliphatic heterocycles. The van der Waals surface area contributed by atoms with Gasteiger partial charge in [-0.1, -0.05) is 0 Å². The summed E-state index contributed by atoms with van der Waals surface area (Å²) in [4.78, 5) is 26.1. The summed E-state index contributed by atoms with van der Waals surface area (Å²) in [6.45, 7) is 2.51. The summed E-state index contributed by atoms with van der Waals surface area (Å²) < 4.78 is 0. The molecule has 3 saturated heterocycles. The largest absolute Gasteiger partial charge is 0.355 e. The maximum Gasteiger partial charge on any atom is 0.227 e. The lowest BCUT2D eigenvalue weighted by Crippen LogP contribution is -2.55. The van der Waals surface area contributed by atoms with Gasteiger partial charge in [0.15, 0.2) is 0 Å². The predicted molar refractivity (Wildman–Crippen MR) is 76.1 cm³/mol. The van der Waals surface area contributed by atoms with Crippen LogP contribution < -0.4 is 10.6 Å². The zero-order valence-electron chi connectivity index (χ0n) is 12.1. The third-order valence-corrected chi connectivity index (χ3v) is 5.01. The zero-order chi connectivity index (χ0) is 13.9. The van der Waals surface area contributed by atoms with E-state index >= 15 is 0 Å². The monoisotopic (exact) mass is 279 g/mol. The van der Waals surface area contributed by atoms with E-state index < -0.39 is 0 Å². The summed E-state index contributed by atoms with van der Waals surface area (Å²) in [5.41, 5.74) is 0. The Morgan fingerprint density at radius 3 is 2.75 bits per heavy atom. The molecule has 3 fully saturated rings. The molecule has 2 N–H and O–H groups in total. The second-order valence-corrected chi connectivity index (χ2v) is 6.34. The van der Waals surface area contributed by atoms with Crippen molar-refractivity contribution in [2.24, 2.45) is 5.92 Å². The molecule has 0 aromatic heterocycles. The molecular weight excluding hydrogens is 254 g/mol. The second kappa shape index (κ2) is 6.12. The van der Waals surface area contributed by atoms with E-state index in [1.165, 1.54) is 19.3 Å². The minimum atomic E-state index is -0.00490. The van der Waals surface area contributed by atoms with E-state index in [4.69, 9.17) is 0 Å². The summed E-state index contributed by atoms with van der Waals surface area (Å²) in [5, 5.41) is 6.39. The van der Waals surface area contributed by atoms with Gasteiger partial charge in [0, 0.05) is 31.6 Å². The fourth-order valence-corrected chi connectivity index (χ4v) is 3.87. The summed E-state index contributed by atoms with van der Waals surface area (Å²) in [6, 6.07) is 0.855. The lowest BCUT2D eigenvalue weighted by Gasteiger charge is -2.41. The molecule has 0 spiro atoms. The van der Waals surface area contributed by atoms with Crippen LogP contribution in [-0.2, 0) is 9.59 Å². The van der Waals surface area contributed by atoms with Crippen LogP contribution in [0.3, 0.4) is 0 Å². The number of nitrogens with one attached hydrogen (secondary N) is 2. The lowest BCUT2D eigenvalue weighted by molar-refractivity contribution is -0.141. The van der Waals surface area contributed by atoms with Crippen LogP contribution in [-0.4, -0.2) is 48.4 Å². The van der Waals surface area contributed by atoms with Crippen molar-refractivity contribution in [3.63, 3.8) is 0 Å². The van der Waals surface area contributed by atoms with Crippen molar-refractivity contribution >= 4 is 11.8 Å². The first-order valence-electron chi connectivity index (χ1n) is 8.06. The van der Waals surface area contributed by atoms with Gasteiger partial charge in [0.1, 0.15) is 0 Å². The second-order valence-electron chi connectivity index (χ2n) is 6.34. The molecule has 0 saturated carbocycles. The van der Waals surface area contributed by atoms with Gasteiger partial charge in [0.2, 0.25) is 11.8 Å². The lowest BCUT2D eigenvalue weighted by atomic mass is 9.91. The highest BCUT2D eigenvalue weighted by molar-refractivity contribution is 5.84. The average molecular weight is 279 g/mol. The number of nitrogens with zero attached hydrogens (tertiary/aromatic N) is 1. The van der Waals surface area contributed by atoms with E-state index in [2.05, 4.69) is 15.5 Å². The normalized spacial score (nSPS) is 34.9. The number of carbonyl (C=O) groups is 2. The van der Waals surface area contributed by atoms with Gasteiger partial charge in [-0.25, -0.2) is 0 Å². The summed E-state index contributed by atoms with van der Waals surface area (Å²) in [5.74, 6) is 0.347. The fraction of sp³-hybridized carbons (Fsp3) is 0.867. The quantitative estimate of drug-likeness (QED) is 0.780. The highest BCUT2D eigenvalue weighted by atomic mass is 16.2. The van der Waals surface area contributed by atoms with Gasteiger partial charge in [0.25, 0.3) is 0 Å². The molecule has 0 aromatic rings. The Hall–Kier alpha value is -1.10. The Bertz CT molecular complexity index is 369. The Labute approximate surface area is 120 Å². The molecule has 0 bridgehead atoms. The third-order valence-electron chi connectivity index (χ3n) is 5.01. The van der Waals surface area contributed by atoms with Gasteiger partial charge in [0.05, 0.1) is 5.92 Å². The zero-order valence-corrected chi connectivity index (χ0v) is 12.1. The van der Waals surface area contributed by atoms with Crippen LogP contribution in [0.2, 0.25) is 0 Å². The Kier molecular flexibility index (Phi) is 4.24. The topological polar surface area (TPSA) is 61.4 Å². The first kappa shape index (κ1) is 13.9. The van der Waals surface area contributed by atoms with Crippen molar-refractivity contribution in [2.75, 3.05) is 19.6 Å². The molecule has 112 valence electrons. The van der Waals surface area contributed by atoms with Crippen molar-refractivity contribution in [1.82, 2.24) is 15.5 Å². The standard InChI is InChI=1S/C15H25N3O2/c19-14-7-6-11(10-17-14)15(20)18-9-2-1-5-13(18)12-4-3-8-16-12/h11-13,16H,1-10H2,(H,17,19). The minimum absolute atomic E-state index is 0.00490. The molecule has 3 heterocycles. The average Bonchev–Trinajstić information content (AvgIpc) is 3.01. The van der Waals surface area contributed by atoms with E-state index in [1.807, 2.05) is 0 Å². The Balaban J connectivity index is 1.65. The highest BCUT2D eigenvalue weighted by Crippen LogP contribution is 2.27. The molecule has 3 rings (SSSR count). The predicted octanol–water partition coefficient (Wildman–Crippen LogP) is 0.646. The number of piperidine rings is 2. The van der Waals surface area contributed by atoms with E-state index in [1.54, 1.807) is 0 Å². The van der Waals surface area contributed by atoms with Crippen LogP contribution in [0.5, 0.6) is 0 Å². The van der Waals surface area contributed by atoms with E-state index in [0.29, 0.717) is 31.5 Å². The van der Waals surface area contributed by atoms with Crippen LogP contribution in [0.15, 0.2) is 0 Å². The Morgan fingerprint density at radius 1 is 1.15 bits per heavy atom. The molecule has 3 atom stereocenters. The number of carbonyl (C=O) groups excluding carboxylic acids is 2. The van der Waals surface area contributed by atoms with Gasteiger partial charge in [-0.05, 0) is 45.1 Å². The van der Waals surface area contributed by atoms with Crippen molar-refractivity contribution < 1.29 is 9.59 Å². The molecule has 3 unspecified atom stereocenters. The van der Waals surface area contributed by atoms with Gasteiger partial charge in [-0.3, -0.25) is 9.59 Å². The summed E-state index contributed by atoms with van der Waals surface area (Å²) in [7, 11) is 0. The number of amides is 2. The first-order chi connectivity index (χ1) is 9.75. The Morgan fingerprint density at radius 2 is 2.05 bits per heavy atom. The third kappa shape index (κ3) is 2.82. The number of rotatable bonds is 2.